The van der Waals surface area contributed by atoms with Crippen molar-refractivity contribution in [1.29, 1.82) is 0 Å². The minimum Gasteiger partial charge on any atom is -0.343 e. The topological polar surface area (TPSA) is 51.0 Å². The van der Waals surface area contributed by atoms with Crippen LogP contribution in [0.15, 0.2) is 54.6 Å². The van der Waals surface area contributed by atoms with E-state index in [1.54, 1.807) is 0 Å². The Balaban J connectivity index is 1.26. The second-order valence-corrected chi connectivity index (χ2v) is 10.3. The molecule has 3 heterocycles. The third-order valence-corrected chi connectivity index (χ3v) is 7.78. The summed E-state index contributed by atoms with van der Waals surface area (Å²) in [6.07, 6.45) is 4.54. The Hall–Kier alpha value is -3.47. The van der Waals surface area contributed by atoms with Crippen molar-refractivity contribution in [2.75, 3.05) is 13.1 Å². The van der Waals surface area contributed by atoms with Crippen LogP contribution in [-0.4, -0.2) is 38.7 Å². The first kappa shape index (κ1) is 24.2. The smallest absolute Gasteiger partial charge is 0.222 e. The minimum absolute atomic E-state index is 0.263. The highest BCUT2D eigenvalue weighted by Crippen LogP contribution is 2.29. The average Bonchev–Trinajstić information content (AvgIpc) is 3.21. The summed E-state index contributed by atoms with van der Waals surface area (Å²) in [7, 11) is 0. The number of rotatable bonds is 6. The van der Waals surface area contributed by atoms with Gasteiger partial charge < -0.3 is 4.90 Å². The monoisotopic (exact) mass is 480 g/mol. The first-order valence-corrected chi connectivity index (χ1v) is 13.1. The lowest BCUT2D eigenvalue weighted by Gasteiger charge is -2.32. The van der Waals surface area contributed by atoms with E-state index in [0.29, 0.717) is 12.3 Å². The summed E-state index contributed by atoms with van der Waals surface area (Å²) in [5, 5.41) is 5.92. The van der Waals surface area contributed by atoms with E-state index in [0.717, 1.165) is 66.9 Å². The van der Waals surface area contributed by atoms with Crippen LogP contribution in [-0.2, 0) is 17.6 Å². The molecule has 0 bridgehead atoms. The fourth-order valence-electron chi connectivity index (χ4n) is 5.66. The Bertz CT molecular complexity index is 1360. The van der Waals surface area contributed by atoms with Gasteiger partial charge in [0.1, 0.15) is 0 Å². The van der Waals surface area contributed by atoms with E-state index in [1.807, 2.05) is 11.6 Å². The van der Waals surface area contributed by atoms with E-state index >= 15 is 0 Å². The number of benzene rings is 2. The molecule has 1 saturated heterocycles. The van der Waals surface area contributed by atoms with Crippen molar-refractivity contribution in [3.8, 4) is 5.69 Å². The second-order valence-electron chi connectivity index (χ2n) is 10.3. The van der Waals surface area contributed by atoms with E-state index in [1.165, 1.54) is 22.3 Å². The molecule has 0 N–H and O–H groups in total. The highest BCUT2D eigenvalue weighted by molar-refractivity contribution is 5.85. The highest BCUT2D eigenvalue weighted by atomic mass is 16.2. The zero-order valence-corrected chi connectivity index (χ0v) is 21.9. The summed E-state index contributed by atoms with van der Waals surface area (Å²) in [6.45, 7) is 10.1. The molecule has 0 spiro atoms. The predicted molar refractivity (Wildman–Crippen MR) is 146 cm³/mol. The van der Waals surface area contributed by atoms with Crippen LogP contribution in [0.4, 0.5) is 0 Å². The van der Waals surface area contributed by atoms with Crippen LogP contribution in [0, 0.1) is 33.6 Å². The maximum Gasteiger partial charge on any atom is 0.222 e. The largest absolute Gasteiger partial charge is 0.343 e. The molecule has 1 aliphatic heterocycles. The van der Waals surface area contributed by atoms with Crippen LogP contribution in [0.25, 0.3) is 16.7 Å². The minimum atomic E-state index is 0.263. The number of likely N-dealkylation sites (tertiary alicyclic amines) is 1. The van der Waals surface area contributed by atoms with Gasteiger partial charge in [-0.05, 0) is 88.1 Å². The van der Waals surface area contributed by atoms with Gasteiger partial charge in [-0.15, -0.1) is 0 Å². The van der Waals surface area contributed by atoms with Crippen LogP contribution in [0.2, 0.25) is 0 Å². The lowest BCUT2D eigenvalue weighted by Crippen LogP contribution is -2.39. The number of carbonyl (C=O) groups is 1. The first-order chi connectivity index (χ1) is 17.4. The molecule has 5 nitrogen and oxygen atoms in total. The number of piperidine rings is 1. The number of hydrogen-bond donors (Lipinski definition) is 0. The summed E-state index contributed by atoms with van der Waals surface area (Å²) < 4.78 is 1.94. The van der Waals surface area contributed by atoms with Gasteiger partial charge in [-0.1, -0.05) is 48.0 Å². The number of aromatic nitrogens is 3. The summed E-state index contributed by atoms with van der Waals surface area (Å²) in [5.74, 6) is 0.930. The van der Waals surface area contributed by atoms with E-state index in [-0.39, 0.29) is 5.91 Å². The number of fused-ring (bicyclic) bond motifs is 1. The zero-order valence-electron chi connectivity index (χ0n) is 21.9. The Morgan fingerprint density at radius 2 is 1.61 bits per heavy atom. The molecule has 2 aromatic carbocycles. The molecule has 0 radical (unpaired) electrons. The van der Waals surface area contributed by atoms with Gasteiger partial charge in [-0.2, -0.15) is 5.10 Å². The second kappa shape index (κ2) is 10.3. The number of pyridine rings is 1. The Morgan fingerprint density at radius 3 is 2.31 bits per heavy atom. The molecule has 0 saturated carbocycles. The molecule has 1 amide bonds. The molecule has 186 valence electrons. The average molecular weight is 481 g/mol. The van der Waals surface area contributed by atoms with Crippen molar-refractivity contribution in [3.05, 3.63) is 88.2 Å². The Labute approximate surface area is 214 Å². The van der Waals surface area contributed by atoms with E-state index in [2.05, 4.69) is 80.3 Å². The third kappa shape index (κ3) is 4.92. The van der Waals surface area contributed by atoms with Gasteiger partial charge in [0.05, 0.1) is 11.4 Å². The van der Waals surface area contributed by atoms with Crippen LogP contribution < -0.4 is 0 Å². The molecule has 36 heavy (non-hydrogen) atoms. The maximum atomic E-state index is 13.1. The summed E-state index contributed by atoms with van der Waals surface area (Å²) in [5.41, 5.74) is 8.87. The Morgan fingerprint density at radius 1 is 0.917 bits per heavy atom. The van der Waals surface area contributed by atoms with E-state index < -0.39 is 0 Å². The highest BCUT2D eigenvalue weighted by Gasteiger charge is 2.24. The lowest BCUT2D eigenvalue weighted by molar-refractivity contribution is -0.132. The molecule has 0 atom stereocenters. The zero-order chi connectivity index (χ0) is 25.2. The molecule has 1 aliphatic rings. The number of carbonyl (C=O) groups excluding carboxylic acids is 1. The summed E-state index contributed by atoms with van der Waals surface area (Å²) in [6, 6.07) is 19.1. The van der Waals surface area contributed by atoms with Gasteiger partial charge in [-0.3, -0.25) is 4.79 Å². The molecule has 1 fully saturated rings. The molecule has 2 aromatic heterocycles. The Kier molecular flexibility index (Phi) is 6.90. The van der Waals surface area contributed by atoms with Gasteiger partial charge in [0, 0.05) is 30.6 Å². The maximum absolute atomic E-state index is 13.1. The van der Waals surface area contributed by atoms with Crippen LogP contribution in [0.5, 0.6) is 0 Å². The standard InChI is InChI=1S/C31H36N4O/c1-21-10-12-27(13-11-21)35-31-30(24(4)33-35)22(2)28(23(3)32-31)14-15-29(36)34-18-16-26(17-19-34)20-25-8-6-5-7-9-25/h5-13,26H,14-20H2,1-4H3. The molecule has 0 unspecified atom stereocenters. The van der Waals surface area contributed by atoms with Crippen LogP contribution in [0.3, 0.4) is 0 Å². The number of nitrogens with zero attached hydrogens (tertiary/aromatic N) is 4. The van der Waals surface area contributed by atoms with Crippen molar-refractivity contribution in [2.45, 2.75) is 59.8 Å². The fourth-order valence-corrected chi connectivity index (χ4v) is 5.66. The number of hydrogen-bond acceptors (Lipinski definition) is 3. The van der Waals surface area contributed by atoms with Gasteiger partial charge >= 0.3 is 0 Å². The predicted octanol–water partition coefficient (Wildman–Crippen LogP) is 6.07. The van der Waals surface area contributed by atoms with Crippen molar-refractivity contribution in [3.63, 3.8) is 0 Å². The fraction of sp³-hybridized carbons (Fsp3) is 0.387. The number of amides is 1. The molecular weight excluding hydrogens is 444 g/mol. The SMILES string of the molecule is Cc1ccc(-n2nc(C)c3c(C)c(CCC(=O)N4CCC(Cc5ccccc5)CC4)c(C)nc32)cc1. The van der Waals surface area contributed by atoms with Crippen molar-refractivity contribution >= 4 is 16.9 Å². The normalized spacial score (nSPS) is 14.5. The lowest BCUT2D eigenvalue weighted by atomic mass is 9.90. The number of aryl methyl sites for hydroxylation is 4. The van der Waals surface area contributed by atoms with Crippen LogP contribution in [0.1, 0.15) is 52.9 Å². The first-order valence-electron chi connectivity index (χ1n) is 13.1. The third-order valence-electron chi connectivity index (χ3n) is 7.78. The van der Waals surface area contributed by atoms with Gasteiger partial charge in [0.2, 0.25) is 5.91 Å². The molecule has 4 aromatic rings. The quantitative estimate of drug-likeness (QED) is 0.337. The summed E-state index contributed by atoms with van der Waals surface area (Å²) >= 11 is 0. The van der Waals surface area contributed by atoms with Crippen LogP contribution >= 0.6 is 0 Å². The molecule has 0 aliphatic carbocycles. The van der Waals surface area contributed by atoms with Gasteiger partial charge in [-0.25, -0.2) is 9.67 Å². The molecule has 5 heteroatoms. The van der Waals surface area contributed by atoms with E-state index in [4.69, 9.17) is 10.1 Å². The van der Waals surface area contributed by atoms with E-state index in [9.17, 15) is 4.79 Å². The van der Waals surface area contributed by atoms with Gasteiger partial charge in [0.25, 0.3) is 0 Å². The summed E-state index contributed by atoms with van der Waals surface area (Å²) in [4.78, 5) is 20.1. The van der Waals surface area contributed by atoms with Gasteiger partial charge in [0.15, 0.2) is 5.65 Å². The van der Waals surface area contributed by atoms with Crippen molar-refractivity contribution in [1.82, 2.24) is 19.7 Å². The van der Waals surface area contributed by atoms with Crippen molar-refractivity contribution in [2.24, 2.45) is 5.92 Å². The van der Waals surface area contributed by atoms with Crippen molar-refractivity contribution < 1.29 is 4.79 Å². The molecule has 5 rings (SSSR count). The molecular formula is C31H36N4O.